The molecule has 2 N–H and O–H groups in total. The molecule has 0 unspecified atom stereocenters. The maximum atomic E-state index is 5.64. The molecule has 0 saturated carbocycles. The van der Waals surface area contributed by atoms with E-state index in [2.05, 4.69) is 48.5 Å². The van der Waals surface area contributed by atoms with Crippen LogP contribution in [0.1, 0.15) is 25.1 Å². The van der Waals surface area contributed by atoms with Crippen molar-refractivity contribution in [1.82, 2.24) is 4.98 Å². The van der Waals surface area contributed by atoms with Gasteiger partial charge in [0.25, 0.3) is 0 Å². The Morgan fingerprint density at radius 2 is 2.00 bits per heavy atom. The molecule has 0 fully saturated rings. The molecule has 0 amide bonds. The summed E-state index contributed by atoms with van der Waals surface area (Å²) >= 11 is 1.67. The van der Waals surface area contributed by atoms with Crippen molar-refractivity contribution in [3.63, 3.8) is 0 Å². The molecule has 20 heavy (non-hydrogen) atoms. The third-order valence-electron chi connectivity index (χ3n) is 2.87. The van der Waals surface area contributed by atoms with Gasteiger partial charge in [0, 0.05) is 24.0 Å². The van der Waals surface area contributed by atoms with Crippen molar-refractivity contribution in [3.8, 4) is 10.6 Å². The van der Waals surface area contributed by atoms with E-state index in [0.717, 1.165) is 29.3 Å². The van der Waals surface area contributed by atoms with Crippen molar-refractivity contribution < 1.29 is 4.74 Å². The lowest BCUT2D eigenvalue weighted by Crippen LogP contribution is -2.02. The van der Waals surface area contributed by atoms with E-state index in [1.54, 1.807) is 11.3 Å². The summed E-state index contributed by atoms with van der Waals surface area (Å²) in [6, 6.07) is 8.44. The van der Waals surface area contributed by atoms with Crippen LogP contribution in [-0.2, 0) is 17.8 Å². The van der Waals surface area contributed by atoms with Crippen LogP contribution in [0.2, 0.25) is 0 Å². The molecule has 0 bridgehead atoms. The lowest BCUT2D eigenvalue weighted by atomic mass is 10.1. The third kappa shape index (κ3) is 4.40. The van der Waals surface area contributed by atoms with E-state index in [-0.39, 0.29) is 0 Å². The Morgan fingerprint density at radius 3 is 2.65 bits per heavy atom. The van der Waals surface area contributed by atoms with Gasteiger partial charge in [0.2, 0.25) is 0 Å². The predicted molar refractivity (Wildman–Crippen MR) is 84.8 cm³/mol. The molecule has 3 nitrogen and oxygen atoms in total. The number of benzene rings is 1. The van der Waals surface area contributed by atoms with Gasteiger partial charge in [-0.05, 0) is 18.0 Å². The SMILES string of the molecule is CC(C)COCc1ccc(-c2nc(CCN)cs2)cc1. The zero-order valence-corrected chi connectivity index (χ0v) is 13.0. The summed E-state index contributed by atoms with van der Waals surface area (Å²) in [6.07, 6.45) is 0.845. The Kier molecular flexibility index (Phi) is 5.71. The first-order chi connectivity index (χ1) is 9.69. The number of thiazole rings is 1. The highest BCUT2D eigenvalue weighted by atomic mass is 32.1. The van der Waals surface area contributed by atoms with Crippen molar-refractivity contribution in [3.05, 3.63) is 40.9 Å². The quantitative estimate of drug-likeness (QED) is 0.849. The van der Waals surface area contributed by atoms with Crippen LogP contribution < -0.4 is 5.73 Å². The van der Waals surface area contributed by atoms with Gasteiger partial charge in [0.05, 0.1) is 12.3 Å². The fourth-order valence-corrected chi connectivity index (χ4v) is 2.72. The van der Waals surface area contributed by atoms with Crippen LogP contribution in [0.4, 0.5) is 0 Å². The summed E-state index contributed by atoms with van der Waals surface area (Å²) in [7, 11) is 0. The molecule has 0 aliphatic heterocycles. The molecule has 0 atom stereocenters. The van der Waals surface area contributed by atoms with Crippen molar-refractivity contribution in [2.45, 2.75) is 26.9 Å². The third-order valence-corrected chi connectivity index (χ3v) is 3.81. The van der Waals surface area contributed by atoms with Gasteiger partial charge in [-0.3, -0.25) is 0 Å². The van der Waals surface area contributed by atoms with Crippen molar-refractivity contribution in [2.75, 3.05) is 13.2 Å². The zero-order valence-electron chi connectivity index (χ0n) is 12.1. The molecule has 1 aromatic carbocycles. The Bertz CT molecular complexity index is 520. The number of hydrogen-bond acceptors (Lipinski definition) is 4. The normalized spacial score (nSPS) is 11.2. The van der Waals surface area contributed by atoms with E-state index in [1.165, 1.54) is 5.56 Å². The highest BCUT2D eigenvalue weighted by Gasteiger charge is 2.04. The first kappa shape index (κ1) is 15.2. The van der Waals surface area contributed by atoms with Crippen molar-refractivity contribution in [2.24, 2.45) is 11.7 Å². The number of ether oxygens (including phenoxy) is 1. The van der Waals surface area contributed by atoms with Crippen LogP contribution in [0.25, 0.3) is 10.6 Å². The van der Waals surface area contributed by atoms with Crippen LogP contribution in [0.3, 0.4) is 0 Å². The smallest absolute Gasteiger partial charge is 0.123 e. The lowest BCUT2D eigenvalue weighted by molar-refractivity contribution is 0.0971. The average molecular weight is 290 g/mol. The lowest BCUT2D eigenvalue weighted by Gasteiger charge is -2.07. The summed E-state index contributed by atoms with van der Waals surface area (Å²) in [6.45, 7) is 6.44. The van der Waals surface area contributed by atoms with Crippen LogP contribution in [0.15, 0.2) is 29.6 Å². The molecule has 0 aliphatic carbocycles. The molecule has 2 aromatic rings. The average Bonchev–Trinajstić information content (AvgIpc) is 2.88. The number of rotatable bonds is 7. The highest BCUT2D eigenvalue weighted by Crippen LogP contribution is 2.24. The van der Waals surface area contributed by atoms with Gasteiger partial charge in [0.1, 0.15) is 5.01 Å². The van der Waals surface area contributed by atoms with Crippen LogP contribution >= 0.6 is 11.3 Å². The summed E-state index contributed by atoms with van der Waals surface area (Å²) in [5.41, 5.74) is 8.99. The van der Waals surface area contributed by atoms with Gasteiger partial charge in [-0.25, -0.2) is 4.98 Å². The minimum absolute atomic E-state index is 0.575. The van der Waals surface area contributed by atoms with Gasteiger partial charge in [-0.2, -0.15) is 0 Å². The first-order valence-electron chi connectivity index (χ1n) is 7.00. The summed E-state index contributed by atoms with van der Waals surface area (Å²) in [4.78, 5) is 4.59. The van der Waals surface area contributed by atoms with E-state index < -0.39 is 0 Å². The monoisotopic (exact) mass is 290 g/mol. The van der Waals surface area contributed by atoms with Crippen molar-refractivity contribution >= 4 is 11.3 Å². The summed E-state index contributed by atoms with van der Waals surface area (Å²) in [5, 5.41) is 3.14. The number of nitrogens with two attached hydrogens (primary N) is 1. The molecule has 4 heteroatoms. The Morgan fingerprint density at radius 1 is 1.25 bits per heavy atom. The Balaban J connectivity index is 1.96. The maximum absolute atomic E-state index is 5.64. The van der Waals surface area contributed by atoms with E-state index in [1.807, 2.05) is 0 Å². The molecule has 0 saturated heterocycles. The van der Waals surface area contributed by atoms with E-state index >= 15 is 0 Å². The van der Waals surface area contributed by atoms with Gasteiger partial charge >= 0.3 is 0 Å². The van der Waals surface area contributed by atoms with Crippen LogP contribution in [0.5, 0.6) is 0 Å². The molecular formula is C16H22N2OS. The van der Waals surface area contributed by atoms with E-state index in [9.17, 15) is 0 Å². The molecule has 108 valence electrons. The summed E-state index contributed by atoms with van der Waals surface area (Å²) < 4.78 is 5.64. The van der Waals surface area contributed by atoms with Crippen LogP contribution in [0, 0.1) is 5.92 Å². The largest absolute Gasteiger partial charge is 0.377 e. The van der Waals surface area contributed by atoms with Crippen LogP contribution in [-0.4, -0.2) is 18.1 Å². The molecule has 1 heterocycles. The minimum atomic E-state index is 0.575. The van der Waals surface area contributed by atoms with E-state index in [0.29, 0.717) is 19.1 Å². The second kappa shape index (κ2) is 7.53. The van der Waals surface area contributed by atoms with Crippen molar-refractivity contribution in [1.29, 1.82) is 0 Å². The fourth-order valence-electron chi connectivity index (χ4n) is 1.86. The Labute approximate surface area is 124 Å². The standard InChI is InChI=1S/C16H22N2OS/c1-12(2)9-19-10-13-3-5-14(6-4-13)16-18-15(7-8-17)11-20-16/h3-6,11-12H,7-10,17H2,1-2H3. The molecule has 0 aliphatic rings. The number of nitrogens with zero attached hydrogens (tertiary/aromatic N) is 1. The Hall–Kier alpha value is -1.23. The number of aromatic nitrogens is 1. The first-order valence-corrected chi connectivity index (χ1v) is 7.88. The molecule has 1 aromatic heterocycles. The number of hydrogen-bond donors (Lipinski definition) is 1. The second-order valence-electron chi connectivity index (χ2n) is 5.29. The topological polar surface area (TPSA) is 48.1 Å². The van der Waals surface area contributed by atoms with Gasteiger partial charge in [-0.1, -0.05) is 38.1 Å². The summed E-state index contributed by atoms with van der Waals surface area (Å²) in [5.74, 6) is 0.575. The maximum Gasteiger partial charge on any atom is 0.123 e. The second-order valence-corrected chi connectivity index (χ2v) is 6.15. The predicted octanol–water partition coefficient (Wildman–Crippen LogP) is 3.48. The zero-order chi connectivity index (χ0) is 14.4. The molecule has 2 rings (SSSR count). The van der Waals surface area contributed by atoms with Gasteiger partial charge in [0.15, 0.2) is 0 Å². The van der Waals surface area contributed by atoms with Gasteiger partial charge in [-0.15, -0.1) is 11.3 Å². The molecular weight excluding hydrogens is 268 g/mol. The van der Waals surface area contributed by atoms with E-state index in [4.69, 9.17) is 10.5 Å². The fraction of sp³-hybridized carbons (Fsp3) is 0.438. The minimum Gasteiger partial charge on any atom is -0.377 e. The molecule has 0 radical (unpaired) electrons. The highest BCUT2D eigenvalue weighted by molar-refractivity contribution is 7.13. The molecule has 0 spiro atoms. The van der Waals surface area contributed by atoms with Gasteiger partial charge < -0.3 is 10.5 Å².